The first-order valence-electron chi connectivity index (χ1n) is 13.8. The molecule has 4 saturated carbocycles. The lowest BCUT2D eigenvalue weighted by Gasteiger charge is -2.71. The van der Waals surface area contributed by atoms with Crippen LogP contribution in [0.4, 0.5) is 0 Å². The van der Waals surface area contributed by atoms with Crippen molar-refractivity contribution in [3.8, 4) is 0 Å². The van der Waals surface area contributed by atoms with E-state index >= 15 is 0 Å². The lowest BCUT2D eigenvalue weighted by atomic mass is 9.33. The molecule has 0 spiro atoms. The number of allylic oxidation sites excluding steroid dienone is 2. The van der Waals surface area contributed by atoms with Crippen molar-refractivity contribution in [3.05, 3.63) is 11.6 Å². The van der Waals surface area contributed by atoms with Gasteiger partial charge in [0.1, 0.15) is 0 Å². The normalized spacial score (nSPS) is 54.1. The minimum absolute atomic E-state index is 0.0340. The second-order valence-corrected chi connectivity index (χ2v) is 15.5. The fourth-order valence-electron chi connectivity index (χ4n) is 10.7. The third kappa shape index (κ3) is 2.81. The summed E-state index contributed by atoms with van der Waals surface area (Å²) in [6, 6.07) is 0. The zero-order valence-corrected chi connectivity index (χ0v) is 23.9. The average molecular weight is 534 g/mol. The lowest BCUT2D eigenvalue weighted by molar-refractivity contribution is -0.189. The number of fused-ring (bicyclic) bond motifs is 7. The molecular formula is C30H45BrO3. The van der Waals surface area contributed by atoms with Gasteiger partial charge in [-0.2, -0.15) is 0 Å². The number of aliphatic carboxylic acids is 1. The van der Waals surface area contributed by atoms with E-state index in [1.165, 1.54) is 5.57 Å². The predicted octanol–water partition coefficient (Wildman–Crippen LogP) is 7.67. The SMILES string of the molecule is C[C@H]1[C@H](C)CC[C@]2(C(=O)O)CC[C@]3(C)C(=CC[C@@H]4[C@@]5(C)CC(Br)C(=O)C(C)(C)[C@@H]5CC[C@]43C)[C@H]12. The fraction of sp³-hybridized carbons (Fsp3) is 0.867. The molecule has 10 atom stereocenters. The number of halogens is 1. The van der Waals surface area contributed by atoms with Gasteiger partial charge in [0, 0.05) is 5.41 Å². The Labute approximate surface area is 215 Å². The number of hydrogen-bond donors (Lipinski definition) is 1. The van der Waals surface area contributed by atoms with Crippen LogP contribution in [0.15, 0.2) is 11.6 Å². The minimum Gasteiger partial charge on any atom is -0.481 e. The van der Waals surface area contributed by atoms with Gasteiger partial charge in [-0.15, -0.1) is 0 Å². The number of ketones is 1. The Kier molecular flexibility index (Phi) is 5.48. The molecule has 0 aromatic carbocycles. The predicted molar refractivity (Wildman–Crippen MR) is 140 cm³/mol. The number of rotatable bonds is 1. The molecule has 5 aliphatic carbocycles. The summed E-state index contributed by atoms with van der Waals surface area (Å²) in [6.45, 7) is 16.6. The topological polar surface area (TPSA) is 54.4 Å². The van der Waals surface area contributed by atoms with Crippen molar-refractivity contribution < 1.29 is 14.7 Å². The smallest absolute Gasteiger partial charge is 0.310 e. The molecule has 1 unspecified atom stereocenters. The number of Topliss-reactive ketones (excluding diaryl/α,β-unsaturated/α-hetero) is 1. The van der Waals surface area contributed by atoms with E-state index in [9.17, 15) is 14.7 Å². The minimum atomic E-state index is -0.582. The highest BCUT2D eigenvalue weighted by molar-refractivity contribution is 9.10. The van der Waals surface area contributed by atoms with Gasteiger partial charge in [-0.05, 0) is 97.2 Å². The Balaban J connectivity index is 1.63. The van der Waals surface area contributed by atoms with Gasteiger partial charge in [0.2, 0.25) is 0 Å². The molecule has 3 nitrogen and oxygen atoms in total. The van der Waals surface area contributed by atoms with Crippen LogP contribution in [0.25, 0.3) is 0 Å². The summed E-state index contributed by atoms with van der Waals surface area (Å²) in [6.07, 6.45) is 10.4. The molecule has 5 aliphatic rings. The average Bonchev–Trinajstić information content (AvgIpc) is 2.75. The highest BCUT2D eigenvalue weighted by atomic mass is 79.9. The molecule has 0 bridgehead atoms. The van der Waals surface area contributed by atoms with E-state index in [4.69, 9.17) is 0 Å². The van der Waals surface area contributed by atoms with Gasteiger partial charge < -0.3 is 5.11 Å². The van der Waals surface area contributed by atoms with Crippen LogP contribution in [0.2, 0.25) is 0 Å². The Bertz CT molecular complexity index is 953. The maximum atomic E-state index is 13.2. The van der Waals surface area contributed by atoms with E-state index in [1.54, 1.807) is 0 Å². The van der Waals surface area contributed by atoms with Crippen molar-refractivity contribution in [1.29, 1.82) is 0 Å². The molecular weight excluding hydrogens is 488 g/mol. The fourth-order valence-corrected chi connectivity index (χ4v) is 12.0. The zero-order chi connectivity index (χ0) is 25.1. The highest BCUT2D eigenvalue weighted by Crippen LogP contribution is 2.75. The number of alkyl halides is 1. The van der Waals surface area contributed by atoms with Crippen molar-refractivity contribution in [2.45, 2.75) is 105 Å². The summed E-state index contributed by atoms with van der Waals surface area (Å²) >= 11 is 3.80. The van der Waals surface area contributed by atoms with Gasteiger partial charge in [0.05, 0.1) is 10.2 Å². The monoisotopic (exact) mass is 532 g/mol. The molecule has 0 amide bonds. The number of carboxylic acids is 1. The van der Waals surface area contributed by atoms with Crippen LogP contribution in [0.5, 0.6) is 0 Å². The van der Waals surface area contributed by atoms with E-state index in [0.29, 0.717) is 29.5 Å². The first-order chi connectivity index (χ1) is 15.7. The van der Waals surface area contributed by atoms with E-state index in [1.807, 2.05) is 0 Å². The van der Waals surface area contributed by atoms with E-state index < -0.39 is 11.4 Å². The van der Waals surface area contributed by atoms with Crippen molar-refractivity contribution in [3.63, 3.8) is 0 Å². The van der Waals surface area contributed by atoms with Gasteiger partial charge in [-0.3, -0.25) is 9.59 Å². The maximum Gasteiger partial charge on any atom is 0.310 e. The largest absolute Gasteiger partial charge is 0.481 e. The second kappa shape index (κ2) is 7.45. The first kappa shape index (κ1) is 25.0. The first-order valence-corrected chi connectivity index (χ1v) is 14.7. The molecule has 0 radical (unpaired) electrons. The Hall–Kier alpha value is -0.640. The van der Waals surface area contributed by atoms with E-state index in [2.05, 4.69) is 70.5 Å². The van der Waals surface area contributed by atoms with Crippen LogP contribution in [0.1, 0.15) is 99.8 Å². The van der Waals surface area contributed by atoms with Crippen LogP contribution in [0, 0.1) is 56.7 Å². The van der Waals surface area contributed by atoms with Crippen LogP contribution in [-0.4, -0.2) is 21.7 Å². The molecule has 1 N–H and O–H groups in total. The van der Waals surface area contributed by atoms with Gasteiger partial charge in [-0.25, -0.2) is 0 Å². The summed E-state index contributed by atoms with van der Waals surface area (Å²) < 4.78 is 0. The van der Waals surface area contributed by atoms with Crippen molar-refractivity contribution in [1.82, 2.24) is 0 Å². The highest BCUT2D eigenvalue weighted by Gasteiger charge is 2.70. The summed E-state index contributed by atoms with van der Waals surface area (Å²) in [4.78, 5) is 25.9. The molecule has 34 heavy (non-hydrogen) atoms. The lowest BCUT2D eigenvalue weighted by Crippen LogP contribution is -2.66. The van der Waals surface area contributed by atoms with Gasteiger partial charge in [0.15, 0.2) is 5.78 Å². The van der Waals surface area contributed by atoms with Gasteiger partial charge in [-0.1, -0.05) is 76.0 Å². The quantitative estimate of drug-likeness (QED) is 0.278. The van der Waals surface area contributed by atoms with E-state index in [0.717, 1.165) is 51.4 Å². The Morgan fingerprint density at radius 3 is 2.32 bits per heavy atom. The van der Waals surface area contributed by atoms with Gasteiger partial charge >= 0.3 is 5.97 Å². The summed E-state index contributed by atoms with van der Waals surface area (Å²) in [5, 5.41) is 10.5. The summed E-state index contributed by atoms with van der Waals surface area (Å²) in [5.41, 5.74) is 0.884. The van der Waals surface area contributed by atoms with Crippen LogP contribution in [0.3, 0.4) is 0 Å². The maximum absolute atomic E-state index is 13.2. The molecule has 0 aromatic heterocycles. The van der Waals surface area contributed by atoms with Crippen LogP contribution < -0.4 is 0 Å². The Morgan fingerprint density at radius 1 is 1.00 bits per heavy atom. The molecule has 5 rings (SSSR count). The summed E-state index contributed by atoms with van der Waals surface area (Å²) in [7, 11) is 0. The molecule has 0 saturated heterocycles. The number of carboxylic acid groups (broad SMARTS) is 1. The number of carbonyl (C=O) groups excluding carboxylic acids is 1. The molecule has 4 fully saturated rings. The van der Waals surface area contributed by atoms with Crippen molar-refractivity contribution in [2.75, 3.05) is 0 Å². The third-order valence-corrected chi connectivity index (χ3v) is 13.8. The summed E-state index contributed by atoms with van der Waals surface area (Å²) in [5.74, 6) is 1.88. The molecule has 0 aromatic rings. The number of hydrogen-bond acceptors (Lipinski definition) is 2. The molecule has 190 valence electrons. The Morgan fingerprint density at radius 2 is 1.68 bits per heavy atom. The van der Waals surface area contributed by atoms with Crippen LogP contribution >= 0.6 is 15.9 Å². The van der Waals surface area contributed by atoms with Gasteiger partial charge in [0.25, 0.3) is 0 Å². The van der Waals surface area contributed by atoms with E-state index in [-0.39, 0.29) is 32.4 Å². The second-order valence-electron chi connectivity index (χ2n) is 14.4. The molecule has 0 heterocycles. The molecule has 4 heteroatoms. The molecule has 0 aliphatic heterocycles. The third-order valence-electron chi connectivity index (χ3n) is 13.1. The zero-order valence-electron chi connectivity index (χ0n) is 22.3. The number of carbonyl (C=O) groups is 2. The standard InChI is InChI=1S/C30H45BrO3/c1-17-10-13-30(25(33)34)15-14-28(6)19(23(30)18(17)2)8-9-22-27(5)16-20(31)24(32)26(3,4)21(27)11-12-29(22,28)7/h8,17-18,20-23H,9-16H2,1-7H3,(H,33,34)/t17-,18+,20?,21+,22-,23+,27+,28-,29-,30+/m1/s1. The van der Waals surface area contributed by atoms with Crippen molar-refractivity contribution >= 4 is 27.7 Å². The van der Waals surface area contributed by atoms with Crippen molar-refractivity contribution in [2.24, 2.45) is 56.7 Å². The van der Waals surface area contributed by atoms with Crippen LogP contribution in [-0.2, 0) is 9.59 Å².